The second-order valence-electron chi connectivity index (χ2n) is 8.07. The van der Waals surface area contributed by atoms with Crippen molar-refractivity contribution in [1.82, 2.24) is 4.90 Å². The summed E-state index contributed by atoms with van der Waals surface area (Å²) >= 11 is 0. The van der Waals surface area contributed by atoms with E-state index in [0.717, 1.165) is 10.9 Å². The monoisotopic (exact) mass is 465 g/mol. The lowest BCUT2D eigenvalue weighted by Gasteiger charge is -2.30. The van der Waals surface area contributed by atoms with E-state index in [4.69, 9.17) is 18.6 Å². The van der Waals surface area contributed by atoms with E-state index >= 15 is 0 Å². The fourth-order valence-corrected chi connectivity index (χ4v) is 4.05. The molecule has 178 valence electrons. The first kappa shape index (κ1) is 23.5. The average molecular weight is 466 g/mol. The van der Waals surface area contributed by atoms with Gasteiger partial charge in [-0.3, -0.25) is 9.59 Å². The zero-order chi connectivity index (χ0) is 24.1. The summed E-state index contributed by atoms with van der Waals surface area (Å²) in [5, 5.41) is 0.772. The predicted molar refractivity (Wildman–Crippen MR) is 125 cm³/mol. The van der Waals surface area contributed by atoms with Crippen LogP contribution in [-0.4, -0.2) is 50.2 Å². The van der Waals surface area contributed by atoms with Gasteiger partial charge in [-0.2, -0.15) is 0 Å². The molecule has 1 atom stereocenters. The van der Waals surface area contributed by atoms with Gasteiger partial charge in [0.05, 0.1) is 20.3 Å². The van der Waals surface area contributed by atoms with Crippen LogP contribution in [0.2, 0.25) is 0 Å². The van der Waals surface area contributed by atoms with Crippen molar-refractivity contribution in [2.24, 2.45) is 0 Å². The van der Waals surface area contributed by atoms with Crippen molar-refractivity contribution in [3.63, 3.8) is 0 Å². The van der Waals surface area contributed by atoms with Gasteiger partial charge >= 0.3 is 11.6 Å². The Kier molecular flexibility index (Phi) is 7.27. The van der Waals surface area contributed by atoms with Crippen molar-refractivity contribution in [3.05, 3.63) is 75.6 Å². The number of methoxy groups -OCH3 is 1. The predicted octanol–water partition coefficient (Wildman–Crippen LogP) is 3.19. The van der Waals surface area contributed by atoms with Gasteiger partial charge in [0.25, 0.3) is 5.91 Å². The van der Waals surface area contributed by atoms with Crippen LogP contribution in [0.3, 0.4) is 0 Å². The lowest BCUT2D eigenvalue weighted by atomic mass is 10.0. The van der Waals surface area contributed by atoms with Crippen LogP contribution >= 0.6 is 0 Å². The molecule has 0 saturated carbocycles. The van der Waals surface area contributed by atoms with E-state index < -0.39 is 17.7 Å². The molecule has 8 nitrogen and oxygen atoms in total. The highest BCUT2D eigenvalue weighted by atomic mass is 16.5. The number of hydrogen-bond donors (Lipinski definition) is 0. The Morgan fingerprint density at radius 1 is 1.09 bits per heavy atom. The number of rotatable bonds is 7. The van der Waals surface area contributed by atoms with Crippen LogP contribution < -0.4 is 10.4 Å². The van der Waals surface area contributed by atoms with Crippen molar-refractivity contribution in [2.45, 2.75) is 25.9 Å². The molecule has 0 unspecified atom stereocenters. The Bertz CT molecular complexity index is 1230. The smallest absolute Gasteiger partial charge is 0.339 e. The molecule has 3 aromatic rings. The number of carbonyl (C=O) groups excluding carboxylic acids is 2. The molecular formula is C26H27NO7. The largest absolute Gasteiger partial charge is 0.497 e. The van der Waals surface area contributed by atoms with Gasteiger partial charge in [-0.15, -0.1) is 0 Å². The lowest BCUT2D eigenvalue weighted by molar-refractivity contribution is -0.162. The Morgan fingerprint density at radius 2 is 1.82 bits per heavy atom. The standard InChI is InChI=1S/C26H27NO7/c1-17-20-9-8-19(31-2)16-22(20)33-26(30)21(17)10-11-23(28)34-24(18-6-4-3-5-7-18)25(29)27-12-14-32-15-13-27/h3-9,16,24H,10-15H2,1-2H3/t24-/m0/s1. The minimum Gasteiger partial charge on any atom is -0.497 e. The van der Waals surface area contributed by atoms with Crippen LogP contribution in [-0.2, 0) is 25.5 Å². The van der Waals surface area contributed by atoms with E-state index in [1.54, 1.807) is 48.4 Å². The van der Waals surface area contributed by atoms with Crippen LogP contribution in [0.5, 0.6) is 5.75 Å². The molecule has 34 heavy (non-hydrogen) atoms. The van der Waals surface area contributed by atoms with E-state index in [0.29, 0.717) is 48.8 Å². The van der Waals surface area contributed by atoms with Crippen LogP contribution in [0.4, 0.5) is 0 Å². The molecule has 1 fully saturated rings. The number of nitrogens with zero attached hydrogens (tertiary/aromatic N) is 1. The van der Waals surface area contributed by atoms with E-state index in [-0.39, 0.29) is 18.7 Å². The summed E-state index contributed by atoms with van der Waals surface area (Å²) in [7, 11) is 1.54. The first-order valence-corrected chi connectivity index (χ1v) is 11.2. The lowest BCUT2D eigenvalue weighted by Crippen LogP contribution is -2.44. The molecule has 0 N–H and O–H groups in total. The highest BCUT2D eigenvalue weighted by molar-refractivity contribution is 5.85. The third-order valence-corrected chi connectivity index (χ3v) is 5.97. The summed E-state index contributed by atoms with van der Waals surface area (Å²) in [4.78, 5) is 40.2. The summed E-state index contributed by atoms with van der Waals surface area (Å²) in [6.07, 6.45) is -0.969. The number of amides is 1. The number of morpholine rings is 1. The highest BCUT2D eigenvalue weighted by Gasteiger charge is 2.30. The van der Waals surface area contributed by atoms with Crippen LogP contribution in [0, 0.1) is 6.92 Å². The molecule has 0 spiro atoms. The number of esters is 1. The van der Waals surface area contributed by atoms with Gasteiger partial charge in [0.2, 0.25) is 6.10 Å². The van der Waals surface area contributed by atoms with Crippen molar-refractivity contribution in [3.8, 4) is 5.75 Å². The van der Waals surface area contributed by atoms with Crippen LogP contribution in [0.25, 0.3) is 11.0 Å². The SMILES string of the molecule is COc1ccc2c(C)c(CCC(=O)O[C@H](C(=O)N3CCOCC3)c3ccccc3)c(=O)oc2c1. The summed E-state index contributed by atoms with van der Waals surface area (Å²) in [6, 6.07) is 14.2. The zero-order valence-electron chi connectivity index (χ0n) is 19.2. The maximum absolute atomic E-state index is 13.1. The van der Waals surface area contributed by atoms with Gasteiger partial charge in [0.15, 0.2) is 0 Å². The number of benzene rings is 2. The third-order valence-electron chi connectivity index (χ3n) is 5.97. The molecule has 0 bridgehead atoms. The summed E-state index contributed by atoms with van der Waals surface area (Å²) < 4.78 is 21.6. The molecule has 1 aromatic heterocycles. The summed E-state index contributed by atoms with van der Waals surface area (Å²) in [5.74, 6) is -0.259. The third kappa shape index (κ3) is 5.12. The maximum atomic E-state index is 13.1. The quantitative estimate of drug-likeness (QED) is 0.391. The molecule has 1 amide bonds. The molecule has 1 saturated heterocycles. The van der Waals surface area contributed by atoms with Crippen LogP contribution in [0.15, 0.2) is 57.7 Å². The van der Waals surface area contributed by atoms with Crippen molar-refractivity contribution < 1.29 is 28.2 Å². The first-order chi connectivity index (χ1) is 16.5. The van der Waals surface area contributed by atoms with Crippen molar-refractivity contribution in [2.75, 3.05) is 33.4 Å². The fourth-order valence-electron chi connectivity index (χ4n) is 4.05. The minimum atomic E-state index is -1.05. The average Bonchev–Trinajstić information content (AvgIpc) is 2.87. The molecule has 4 rings (SSSR count). The highest BCUT2D eigenvalue weighted by Crippen LogP contribution is 2.25. The molecule has 2 heterocycles. The second-order valence-corrected chi connectivity index (χ2v) is 8.07. The Morgan fingerprint density at radius 3 is 2.53 bits per heavy atom. The number of ether oxygens (including phenoxy) is 3. The number of carbonyl (C=O) groups is 2. The normalized spacial score (nSPS) is 14.6. The van der Waals surface area contributed by atoms with E-state index in [2.05, 4.69) is 0 Å². The van der Waals surface area contributed by atoms with Crippen LogP contribution in [0.1, 0.15) is 29.2 Å². The van der Waals surface area contributed by atoms with Crippen molar-refractivity contribution in [1.29, 1.82) is 0 Å². The maximum Gasteiger partial charge on any atom is 0.339 e. The van der Waals surface area contributed by atoms with E-state index in [1.165, 1.54) is 0 Å². The molecule has 1 aliphatic rings. The first-order valence-electron chi connectivity index (χ1n) is 11.2. The molecule has 8 heteroatoms. The van der Waals surface area contributed by atoms with Gasteiger partial charge in [-0.25, -0.2) is 4.79 Å². The zero-order valence-corrected chi connectivity index (χ0v) is 19.2. The molecule has 0 aliphatic carbocycles. The second kappa shape index (κ2) is 10.5. The summed E-state index contributed by atoms with van der Waals surface area (Å²) in [6.45, 7) is 3.61. The minimum absolute atomic E-state index is 0.0625. The Labute approximate surface area is 197 Å². The Balaban J connectivity index is 1.50. The fraction of sp³-hybridized carbons (Fsp3) is 0.346. The van der Waals surface area contributed by atoms with Gasteiger partial charge < -0.3 is 23.5 Å². The van der Waals surface area contributed by atoms with Gasteiger partial charge in [-0.1, -0.05) is 30.3 Å². The van der Waals surface area contributed by atoms with Gasteiger partial charge in [-0.05, 0) is 31.0 Å². The van der Waals surface area contributed by atoms with E-state index in [1.807, 2.05) is 19.1 Å². The number of hydrogen-bond acceptors (Lipinski definition) is 7. The van der Waals surface area contributed by atoms with Gasteiger partial charge in [0.1, 0.15) is 11.3 Å². The summed E-state index contributed by atoms with van der Waals surface area (Å²) in [5.41, 5.74) is 1.67. The molecule has 1 aliphatic heterocycles. The van der Waals surface area contributed by atoms with Crippen molar-refractivity contribution >= 4 is 22.8 Å². The Hall–Kier alpha value is -3.65. The number of fused-ring (bicyclic) bond motifs is 1. The molecule has 0 radical (unpaired) electrons. The number of aryl methyl sites for hydroxylation is 1. The van der Waals surface area contributed by atoms with E-state index in [9.17, 15) is 14.4 Å². The topological polar surface area (TPSA) is 95.3 Å². The van der Waals surface area contributed by atoms with Gasteiger partial charge in [0, 0.05) is 42.1 Å². The molecule has 2 aromatic carbocycles. The molecular weight excluding hydrogens is 438 g/mol.